The summed E-state index contributed by atoms with van der Waals surface area (Å²) in [6, 6.07) is 0. The van der Waals surface area contributed by atoms with E-state index in [9.17, 15) is 4.79 Å². The van der Waals surface area contributed by atoms with E-state index in [1.165, 1.54) is 25.7 Å². The topological polar surface area (TPSA) is 35.5 Å². The van der Waals surface area contributed by atoms with E-state index in [-0.39, 0.29) is 11.2 Å². The molecule has 3 heteroatoms. The van der Waals surface area contributed by atoms with Crippen molar-refractivity contribution in [2.75, 3.05) is 14.2 Å². The van der Waals surface area contributed by atoms with Gasteiger partial charge in [-0.05, 0) is 68.1 Å². The molecule has 0 aliphatic heterocycles. The van der Waals surface area contributed by atoms with Crippen LogP contribution in [0.5, 0.6) is 0 Å². The third-order valence-electron chi connectivity index (χ3n) is 8.40. The van der Waals surface area contributed by atoms with Crippen LogP contribution >= 0.6 is 0 Å². The van der Waals surface area contributed by atoms with Gasteiger partial charge in [0.1, 0.15) is 5.78 Å². The van der Waals surface area contributed by atoms with Crippen LogP contribution in [-0.4, -0.2) is 25.8 Å². The van der Waals surface area contributed by atoms with Crippen molar-refractivity contribution in [1.29, 1.82) is 0 Å². The monoisotopic (exact) mass is 320 g/mol. The molecule has 130 valence electrons. The Morgan fingerprint density at radius 3 is 2.39 bits per heavy atom. The maximum Gasteiger partial charge on any atom is 0.167 e. The lowest BCUT2D eigenvalue weighted by atomic mass is 9.50. The number of carbonyl (C=O) groups excluding carboxylic acids is 1. The predicted octanol–water partition coefficient (Wildman–Crippen LogP) is 4.20. The molecule has 0 bridgehead atoms. The van der Waals surface area contributed by atoms with Crippen LogP contribution in [0.1, 0.15) is 64.7 Å². The Hall–Kier alpha value is -0.410. The first-order valence-corrected chi connectivity index (χ1v) is 9.66. The number of hydrogen-bond acceptors (Lipinski definition) is 3. The van der Waals surface area contributed by atoms with Crippen LogP contribution in [0.2, 0.25) is 0 Å². The van der Waals surface area contributed by atoms with Crippen LogP contribution < -0.4 is 0 Å². The van der Waals surface area contributed by atoms with Gasteiger partial charge in [-0.3, -0.25) is 4.79 Å². The van der Waals surface area contributed by atoms with Crippen molar-refractivity contribution in [2.24, 2.45) is 35.0 Å². The molecule has 4 saturated carbocycles. The number of ether oxygens (including phenoxy) is 2. The minimum atomic E-state index is -0.333. The molecule has 0 aromatic heterocycles. The van der Waals surface area contributed by atoms with E-state index in [4.69, 9.17) is 9.47 Å². The summed E-state index contributed by atoms with van der Waals surface area (Å²) in [5.41, 5.74) is 0.0193. The smallest absolute Gasteiger partial charge is 0.167 e. The molecular formula is C20H32O3. The van der Waals surface area contributed by atoms with Crippen LogP contribution in [0.3, 0.4) is 0 Å². The Bertz CT molecular complexity index is 483. The molecule has 4 rings (SSSR count). The normalized spacial score (nSPS) is 48.5. The number of fused-ring (bicyclic) bond motifs is 5. The zero-order valence-corrected chi connectivity index (χ0v) is 15.0. The molecule has 23 heavy (non-hydrogen) atoms. The van der Waals surface area contributed by atoms with Gasteiger partial charge in [-0.25, -0.2) is 0 Å². The van der Waals surface area contributed by atoms with E-state index < -0.39 is 0 Å². The van der Waals surface area contributed by atoms with Crippen LogP contribution in [0.25, 0.3) is 0 Å². The van der Waals surface area contributed by atoms with E-state index in [1.807, 2.05) is 0 Å². The van der Waals surface area contributed by atoms with Crippen LogP contribution in [0.4, 0.5) is 0 Å². The van der Waals surface area contributed by atoms with Gasteiger partial charge in [-0.1, -0.05) is 6.92 Å². The Morgan fingerprint density at radius 2 is 1.65 bits per heavy atom. The Balaban J connectivity index is 1.54. The van der Waals surface area contributed by atoms with Crippen LogP contribution in [0, 0.1) is 35.0 Å². The van der Waals surface area contributed by atoms with Crippen molar-refractivity contribution in [3.8, 4) is 0 Å². The van der Waals surface area contributed by atoms with Gasteiger partial charge in [0, 0.05) is 38.9 Å². The van der Waals surface area contributed by atoms with Crippen LogP contribution in [-0.2, 0) is 14.3 Å². The highest BCUT2D eigenvalue weighted by Crippen LogP contribution is 2.62. The molecule has 0 heterocycles. The fraction of sp³-hybridized carbons (Fsp3) is 0.950. The van der Waals surface area contributed by atoms with E-state index in [2.05, 4.69) is 6.92 Å². The lowest BCUT2D eigenvalue weighted by Crippen LogP contribution is -2.51. The first-order valence-electron chi connectivity index (χ1n) is 9.66. The van der Waals surface area contributed by atoms with Crippen molar-refractivity contribution in [3.63, 3.8) is 0 Å². The van der Waals surface area contributed by atoms with E-state index in [0.717, 1.165) is 55.8 Å². The molecule has 3 nitrogen and oxygen atoms in total. The largest absolute Gasteiger partial charge is 0.353 e. The van der Waals surface area contributed by atoms with Crippen molar-refractivity contribution in [3.05, 3.63) is 0 Å². The summed E-state index contributed by atoms with van der Waals surface area (Å²) in [6.07, 6.45) is 10.4. The van der Waals surface area contributed by atoms with Gasteiger partial charge in [0.05, 0.1) is 0 Å². The number of methoxy groups -OCH3 is 2. The van der Waals surface area contributed by atoms with E-state index >= 15 is 0 Å². The number of Topliss-reactive ketones (excluding diaryl/α,β-unsaturated/α-hetero) is 1. The zero-order chi connectivity index (χ0) is 16.2. The molecule has 4 aliphatic rings. The highest BCUT2D eigenvalue weighted by Gasteiger charge is 2.57. The SMILES string of the molecule is COC1(OC)CC[C@H]2[C@H](CCC3[C@@H]2CC[C@]2(C)C(=O)CC[C@@H]32)C1. The highest BCUT2D eigenvalue weighted by molar-refractivity contribution is 5.87. The van der Waals surface area contributed by atoms with Crippen molar-refractivity contribution < 1.29 is 14.3 Å². The Kier molecular flexibility index (Phi) is 3.88. The summed E-state index contributed by atoms with van der Waals surface area (Å²) in [5.74, 6) is 4.15. The second-order valence-corrected chi connectivity index (χ2v) is 8.92. The third kappa shape index (κ3) is 2.26. The highest BCUT2D eigenvalue weighted by atomic mass is 16.7. The molecule has 0 amide bonds. The maximum atomic E-state index is 12.4. The van der Waals surface area contributed by atoms with Crippen molar-refractivity contribution in [1.82, 2.24) is 0 Å². The van der Waals surface area contributed by atoms with Gasteiger partial charge < -0.3 is 9.47 Å². The summed E-state index contributed by atoms with van der Waals surface area (Å²) in [4.78, 5) is 12.4. The summed E-state index contributed by atoms with van der Waals surface area (Å²) >= 11 is 0. The zero-order valence-electron chi connectivity index (χ0n) is 15.0. The predicted molar refractivity (Wildman–Crippen MR) is 88.9 cm³/mol. The summed E-state index contributed by atoms with van der Waals surface area (Å²) in [5, 5.41) is 0. The van der Waals surface area contributed by atoms with Gasteiger partial charge in [0.25, 0.3) is 0 Å². The number of ketones is 1. The first kappa shape index (κ1) is 16.1. The fourth-order valence-corrected chi connectivity index (χ4v) is 7.05. The second-order valence-electron chi connectivity index (χ2n) is 8.92. The molecule has 4 aliphatic carbocycles. The van der Waals surface area contributed by atoms with Gasteiger partial charge in [-0.15, -0.1) is 0 Å². The Labute approximate surface area is 140 Å². The van der Waals surface area contributed by atoms with Gasteiger partial charge >= 0.3 is 0 Å². The number of rotatable bonds is 2. The summed E-state index contributed by atoms with van der Waals surface area (Å²) in [6.45, 7) is 2.27. The average Bonchev–Trinajstić information content (AvgIpc) is 2.89. The lowest BCUT2D eigenvalue weighted by molar-refractivity contribution is -0.246. The first-order chi connectivity index (χ1) is 11.0. The van der Waals surface area contributed by atoms with Gasteiger partial charge in [-0.2, -0.15) is 0 Å². The number of hydrogen-bond donors (Lipinski definition) is 0. The molecule has 0 radical (unpaired) electrons. The molecule has 0 saturated heterocycles. The number of carbonyl (C=O) groups is 1. The minimum absolute atomic E-state index is 0.0193. The van der Waals surface area contributed by atoms with E-state index in [1.54, 1.807) is 14.2 Å². The molecule has 0 N–H and O–H groups in total. The maximum absolute atomic E-state index is 12.4. The fourth-order valence-electron chi connectivity index (χ4n) is 7.05. The summed E-state index contributed by atoms with van der Waals surface area (Å²) < 4.78 is 11.5. The minimum Gasteiger partial charge on any atom is -0.353 e. The summed E-state index contributed by atoms with van der Waals surface area (Å²) in [7, 11) is 3.59. The van der Waals surface area contributed by atoms with E-state index in [0.29, 0.717) is 11.7 Å². The molecule has 1 unspecified atom stereocenters. The van der Waals surface area contributed by atoms with Gasteiger partial charge in [0.15, 0.2) is 5.79 Å². The van der Waals surface area contributed by atoms with Crippen LogP contribution in [0.15, 0.2) is 0 Å². The van der Waals surface area contributed by atoms with Gasteiger partial charge in [0.2, 0.25) is 0 Å². The molecule has 0 aromatic rings. The third-order valence-corrected chi connectivity index (χ3v) is 8.40. The molecule has 0 spiro atoms. The molecule has 6 atom stereocenters. The molecule has 4 fully saturated rings. The standard InChI is InChI=1S/C20H32O3/c1-19-10-8-15-14-9-11-20(22-2,23-3)12-13(14)4-5-16(15)17(19)6-7-18(19)21/h13-17H,4-12H2,1-3H3/t13-,14+,15-,16?,17+,19+/m1/s1. The molecular weight excluding hydrogens is 288 g/mol. The lowest BCUT2D eigenvalue weighted by Gasteiger charge is -2.56. The Morgan fingerprint density at radius 1 is 0.913 bits per heavy atom. The average molecular weight is 320 g/mol. The van der Waals surface area contributed by atoms with Crippen molar-refractivity contribution in [2.45, 2.75) is 70.5 Å². The second kappa shape index (κ2) is 5.56. The quantitative estimate of drug-likeness (QED) is 0.715. The molecule has 0 aromatic carbocycles. The van der Waals surface area contributed by atoms with Crippen molar-refractivity contribution >= 4 is 5.78 Å².